The van der Waals surface area contributed by atoms with E-state index in [1.807, 2.05) is 44.2 Å². The van der Waals surface area contributed by atoms with Crippen LogP contribution in [0.3, 0.4) is 0 Å². The minimum atomic E-state index is -0.381. The monoisotopic (exact) mass is 389 g/mol. The number of fused-ring (bicyclic) bond motifs is 1. The van der Waals surface area contributed by atoms with Gasteiger partial charge in [-0.2, -0.15) is 0 Å². The zero-order valence-electron chi connectivity index (χ0n) is 16.4. The number of carbonyl (C=O) groups is 2. The number of β-lactam (4-membered cyclic amide) rings is 1. The predicted molar refractivity (Wildman–Crippen MR) is 111 cm³/mol. The molecule has 3 heterocycles. The molecular formula is C22H23N5O2. The first-order valence-electron chi connectivity index (χ1n) is 9.62. The van der Waals surface area contributed by atoms with Crippen molar-refractivity contribution in [1.82, 2.24) is 20.2 Å². The fourth-order valence-electron chi connectivity index (χ4n) is 3.92. The van der Waals surface area contributed by atoms with E-state index in [4.69, 9.17) is 5.73 Å². The molecule has 1 aromatic carbocycles. The number of hydrogen-bond donors (Lipinski definition) is 2. The first-order chi connectivity index (χ1) is 14.0. The number of nitrogen functional groups attached to an aromatic ring is 1. The van der Waals surface area contributed by atoms with Crippen molar-refractivity contribution in [2.24, 2.45) is 5.92 Å². The Hall–Kier alpha value is -3.48. The van der Waals surface area contributed by atoms with Gasteiger partial charge < -0.3 is 11.1 Å². The molecule has 4 rings (SSSR count). The van der Waals surface area contributed by atoms with E-state index < -0.39 is 0 Å². The minimum Gasteiger partial charge on any atom is -0.384 e. The SMILES string of the molecule is CC(NC(=O)N1C(=O)[C@H](Cc2ccnc(N)c2)[C@H]1C)c1cncc2ccccc12. The second-order valence-electron chi connectivity index (χ2n) is 7.47. The normalized spacial score (nSPS) is 19.7. The highest BCUT2D eigenvalue weighted by atomic mass is 16.2. The summed E-state index contributed by atoms with van der Waals surface area (Å²) >= 11 is 0. The molecule has 1 fully saturated rings. The number of benzene rings is 1. The Morgan fingerprint density at radius 1 is 1.28 bits per heavy atom. The molecule has 3 N–H and O–H groups in total. The van der Waals surface area contributed by atoms with E-state index in [-0.39, 0.29) is 29.9 Å². The van der Waals surface area contributed by atoms with Crippen molar-refractivity contribution in [1.29, 1.82) is 0 Å². The maximum atomic E-state index is 12.8. The smallest absolute Gasteiger partial charge is 0.324 e. The van der Waals surface area contributed by atoms with Crippen LogP contribution in [0.25, 0.3) is 10.8 Å². The second kappa shape index (κ2) is 7.50. The molecular weight excluding hydrogens is 366 g/mol. The van der Waals surface area contributed by atoms with Gasteiger partial charge in [0.2, 0.25) is 5.91 Å². The number of carbonyl (C=O) groups excluding carboxylic acids is 2. The summed E-state index contributed by atoms with van der Waals surface area (Å²) in [4.78, 5) is 34.9. The van der Waals surface area contributed by atoms with Crippen LogP contribution in [-0.2, 0) is 11.2 Å². The molecule has 2 aromatic heterocycles. The summed E-state index contributed by atoms with van der Waals surface area (Å²) in [6.07, 6.45) is 5.72. The van der Waals surface area contributed by atoms with E-state index in [1.165, 1.54) is 4.90 Å². The maximum Gasteiger partial charge on any atom is 0.324 e. The van der Waals surface area contributed by atoms with Gasteiger partial charge >= 0.3 is 6.03 Å². The number of amides is 3. The van der Waals surface area contributed by atoms with Crippen molar-refractivity contribution in [2.45, 2.75) is 32.4 Å². The van der Waals surface area contributed by atoms with Gasteiger partial charge in [0.1, 0.15) is 5.82 Å². The van der Waals surface area contributed by atoms with Crippen molar-refractivity contribution in [3.05, 3.63) is 66.1 Å². The Balaban J connectivity index is 1.44. The third kappa shape index (κ3) is 3.51. The Morgan fingerprint density at radius 3 is 2.83 bits per heavy atom. The average Bonchev–Trinajstić information content (AvgIpc) is 2.71. The maximum absolute atomic E-state index is 12.8. The van der Waals surface area contributed by atoms with Gasteiger partial charge in [0, 0.05) is 29.5 Å². The molecule has 3 amide bonds. The Kier molecular flexibility index (Phi) is 4.88. The number of nitrogens with zero attached hydrogens (tertiary/aromatic N) is 3. The number of hydrogen-bond acceptors (Lipinski definition) is 5. The van der Waals surface area contributed by atoms with Crippen molar-refractivity contribution in [3.8, 4) is 0 Å². The van der Waals surface area contributed by atoms with E-state index in [0.29, 0.717) is 12.2 Å². The molecule has 3 aromatic rings. The Morgan fingerprint density at radius 2 is 2.07 bits per heavy atom. The molecule has 0 saturated carbocycles. The third-order valence-electron chi connectivity index (χ3n) is 5.57. The third-order valence-corrected chi connectivity index (χ3v) is 5.57. The lowest BCUT2D eigenvalue weighted by atomic mass is 9.84. The number of rotatable bonds is 4. The summed E-state index contributed by atoms with van der Waals surface area (Å²) in [5, 5.41) is 4.98. The van der Waals surface area contributed by atoms with Crippen LogP contribution in [0, 0.1) is 5.92 Å². The number of imide groups is 1. The Bertz CT molecular complexity index is 1080. The fourth-order valence-corrected chi connectivity index (χ4v) is 3.92. The van der Waals surface area contributed by atoms with Gasteiger partial charge in [-0.15, -0.1) is 0 Å². The van der Waals surface area contributed by atoms with Gasteiger partial charge in [0.25, 0.3) is 0 Å². The quantitative estimate of drug-likeness (QED) is 0.668. The molecule has 7 nitrogen and oxygen atoms in total. The van der Waals surface area contributed by atoms with Gasteiger partial charge in [-0.3, -0.25) is 14.7 Å². The van der Waals surface area contributed by atoms with Crippen molar-refractivity contribution in [3.63, 3.8) is 0 Å². The van der Waals surface area contributed by atoms with Crippen molar-refractivity contribution < 1.29 is 9.59 Å². The molecule has 1 aliphatic rings. The van der Waals surface area contributed by atoms with Crippen LogP contribution in [0.15, 0.2) is 55.0 Å². The topological polar surface area (TPSA) is 101 Å². The highest BCUT2D eigenvalue weighted by molar-refractivity contribution is 6.01. The highest BCUT2D eigenvalue weighted by Gasteiger charge is 2.47. The number of anilines is 1. The largest absolute Gasteiger partial charge is 0.384 e. The number of nitrogens with one attached hydrogen (secondary N) is 1. The standard InChI is InChI=1S/C22H23N5O2/c1-13(19-12-24-11-16-5-3-4-6-17(16)19)26-22(29)27-14(2)18(21(27)28)9-15-7-8-25-20(23)10-15/h3-8,10-14,18H,9H2,1-2H3,(H2,23,25)(H,26,29)/t13?,14-,18-/m1/s1. The molecule has 29 heavy (non-hydrogen) atoms. The summed E-state index contributed by atoms with van der Waals surface area (Å²) in [5.74, 6) is 0.0137. The van der Waals surface area contributed by atoms with Gasteiger partial charge in [-0.05, 0) is 43.4 Å². The van der Waals surface area contributed by atoms with Crippen LogP contribution in [-0.4, -0.2) is 32.8 Å². The fraction of sp³-hybridized carbons (Fsp3) is 0.273. The zero-order chi connectivity index (χ0) is 20.5. The van der Waals surface area contributed by atoms with Gasteiger partial charge in [-0.1, -0.05) is 24.3 Å². The molecule has 0 radical (unpaired) electrons. The van der Waals surface area contributed by atoms with E-state index in [0.717, 1.165) is 21.9 Å². The van der Waals surface area contributed by atoms with Crippen molar-refractivity contribution in [2.75, 3.05) is 5.73 Å². The van der Waals surface area contributed by atoms with Crippen molar-refractivity contribution >= 4 is 28.5 Å². The number of aromatic nitrogens is 2. The summed E-state index contributed by atoms with van der Waals surface area (Å²) in [6.45, 7) is 3.79. The second-order valence-corrected chi connectivity index (χ2v) is 7.47. The number of urea groups is 1. The van der Waals surface area contributed by atoms with Crippen LogP contribution in [0.1, 0.15) is 31.0 Å². The number of nitrogens with two attached hydrogens (primary N) is 1. The van der Waals surface area contributed by atoms with Crippen LogP contribution in [0.5, 0.6) is 0 Å². The van der Waals surface area contributed by atoms with Crippen LogP contribution < -0.4 is 11.1 Å². The lowest BCUT2D eigenvalue weighted by molar-refractivity contribution is -0.148. The summed E-state index contributed by atoms with van der Waals surface area (Å²) in [6, 6.07) is 10.7. The summed E-state index contributed by atoms with van der Waals surface area (Å²) in [7, 11) is 0. The number of pyridine rings is 2. The average molecular weight is 389 g/mol. The first-order valence-corrected chi connectivity index (χ1v) is 9.62. The molecule has 1 saturated heterocycles. The molecule has 0 bridgehead atoms. The predicted octanol–water partition coefficient (Wildman–Crippen LogP) is 3.07. The Labute approximate surface area is 168 Å². The molecule has 3 atom stereocenters. The molecule has 1 unspecified atom stereocenters. The van der Waals surface area contributed by atoms with Gasteiger partial charge in [-0.25, -0.2) is 9.78 Å². The van der Waals surface area contributed by atoms with Crippen LogP contribution in [0.4, 0.5) is 10.6 Å². The summed E-state index contributed by atoms with van der Waals surface area (Å²) < 4.78 is 0. The highest BCUT2D eigenvalue weighted by Crippen LogP contribution is 2.31. The molecule has 0 spiro atoms. The van der Waals surface area contributed by atoms with E-state index in [1.54, 1.807) is 24.7 Å². The van der Waals surface area contributed by atoms with E-state index >= 15 is 0 Å². The molecule has 7 heteroatoms. The number of likely N-dealkylation sites (tertiary alicyclic amines) is 1. The molecule has 1 aliphatic heterocycles. The van der Waals surface area contributed by atoms with Crippen LogP contribution >= 0.6 is 0 Å². The van der Waals surface area contributed by atoms with E-state index in [2.05, 4.69) is 15.3 Å². The van der Waals surface area contributed by atoms with Crippen LogP contribution in [0.2, 0.25) is 0 Å². The summed E-state index contributed by atoms with van der Waals surface area (Å²) in [5.41, 5.74) is 7.57. The van der Waals surface area contributed by atoms with Gasteiger partial charge in [0.05, 0.1) is 18.0 Å². The lowest BCUT2D eigenvalue weighted by Crippen LogP contribution is -2.64. The molecule has 148 valence electrons. The minimum absolute atomic E-state index is 0.173. The lowest BCUT2D eigenvalue weighted by Gasteiger charge is -2.44. The first kappa shape index (κ1) is 18.9. The van der Waals surface area contributed by atoms with Gasteiger partial charge in [0.15, 0.2) is 0 Å². The van der Waals surface area contributed by atoms with E-state index in [9.17, 15) is 9.59 Å². The molecule has 0 aliphatic carbocycles. The zero-order valence-corrected chi connectivity index (χ0v) is 16.4.